The molecular weight excluding hydrogens is 725 g/mol. The fraction of sp³-hybridized carbons (Fsp3) is 0.894. The van der Waals surface area contributed by atoms with Crippen molar-refractivity contribution in [2.75, 3.05) is 6.61 Å². The molecule has 0 aliphatic rings. The Balaban J connectivity index is -0.000000473. The lowest BCUT2D eigenvalue weighted by Gasteiger charge is -2.32. The van der Waals surface area contributed by atoms with Crippen molar-refractivity contribution < 1.29 is 49.1 Å². The first-order valence-corrected chi connectivity index (χ1v) is 23.0. The third-order valence-corrected chi connectivity index (χ3v) is 9.68. The summed E-state index contributed by atoms with van der Waals surface area (Å²) in [6.45, 7) is 16.0. The van der Waals surface area contributed by atoms with Gasteiger partial charge >= 0.3 is 5.97 Å². The van der Waals surface area contributed by atoms with Crippen molar-refractivity contribution >= 4 is 29.8 Å². The molecule has 0 fully saturated rings. The Labute approximate surface area is 351 Å². The number of carbonyl (C=O) groups is 5. The van der Waals surface area contributed by atoms with E-state index < -0.39 is 23.9 Å². The smallest absolute Gasteiger partial charge is 0.312 e. The van der Waals surface area contributed by atoms with Gasteiger partial charge in [-0.3, -0.25) is 24.0 Å². The number of carboxylic acid groups (broad SMARTS) is 4. The largest absolute Gasteiger partial charge is 0.481 e. The maximum Gasteiger partial charge on any atom is 0.312 e. The molecule has 0 rings (SSSR count). The fourth-order valence-electron chi connectivity index (χ4n) is 6.86. The standard InChI is InChI=1S/C39H78O2.4C2H4O2/c1-6-11-15-19-25-31-37(32-26-20-16-12-7-2)33-27-21-24-30-36-39(38(40)41-10-5,34-28-22-17-13-8-3)35-29-23-18-14-9-4;4*1-2(3)4/h37H,6-36H2,1-5H3;4*1H3,(H,3,4). The van der Waals surface area contributed by atoms with Gasteiger partial charge in [-0.15, -0.1) is 0 Å². The Morgan fingerprint density at radius 3 is 0.807 bits per heavy atom. The van der Waals surface area contributed by atoms with Crippen LogP contribution >= 0.6 is 0 Å². The van der Waals surface area contributed by atoms with Crippen molar-refractivity contribution in [2.45, 2.75) is 255 Å². The molecule has 0 aliphatic carbocycles. The molecule has 0 atom stereocenters. The predicted molar refractivity (Wildman–Crippen MR) is 237 cm³/mol. The zero-order valence-corrected chi connectivity index (χ0v) is 38.7. The maximum absolute atomic E-state index is 13.4. The van der Waals surface area contributed by atoms with Crippen LogP contribution in [0.1, 0.15) is 255 Å². The van der Waals surface area contributed by atoms with Gasteiger partial charge in [-0.2, -0.15) is 0 Å². The summed E-state index contributed by atoms with van der Waals surface area (Å²) in [6, 6.07) is 0. The first kappa shape index (κ1) is 63.5. The summed E-state index contributed by atoms with van der Waals surface area (Å²) in [5.74, 6) is -2.26. The Kier molecular flexibility index (Phi) is 57.2. The van der Waals surface area contributed by atoms with E-state index in [-0.39, 0.29) is 11.4 Å². The lowest BCUT2D eigenvalue weighted by molar-refractivity contribution is -0.157. The van der Waals surface area contributed by atoms with Crippen molar-refractivity contribution in [1.29, 1.82) is 0 Å². The van der Waals surface area contributed by atoms with E-state index in [1.54, 1.807) is 0 Å². The molecule has 4 N–H and O–H groups in total. The molecule has 0 bridgehead atoms. The molecule has 0 aromatic carbocycles. The van der Waals surface area contributed by atoms with Crippen LogP contribution < -0.4 is 0 Å². The van der Waals surface area contributed by atoms with Gasteiger partial charge in [0.1, 0.15) is 0 Å². The van der Waals surface area contributed by atoms with E-state index in [1.165, 1.54) is 173 Å². The van der Waals surface area contributed by atoms with E-state index in [2.05, 4.69) is 27.7 Å². The average molecular weight is 819 g/mol. The second-order valence-corrected chi connectivity index (χ2v) is 15.6. The van der Waals surface area contributed by atoms with E-state index in [4.69, 9.17) is 44.3 Å². The van der Waals surface area contributed by atoms with Crippen molar-refractivity contribution in [3.05, 3.63) is 0 Å². The summed E-state index contributed by atoms with van der Waals surface area (Å²) in [6.07, 6.45) is 39.5. The molecule has 0 aromatic heterocycles. The molecule has 0 aromatic rings. The highest BCUT2D eigenvalue weighted by Gasteiger charge is 2.38. The number of esters is 1. The highest BCUT2D eigenvalue weighted by atomic mass is 16.5. The molecule has 0 unspecified atom stereocenters. The van der Waals surface area contributed by atoms with Crippen molar-refractivity contribution in [3.8, 4) is 0 Å². The van der Waals surface area contributed by atoms with Gasteiger partial charge in [0.15, 0.2) is 0 Å². The zero-order chi connectivity index (χ0) is 44.6. The minimum Gasteiger partial charge on any atom is -0.481 e. The molecule has 342 valence electrons. The molecule has 10 heteroatoms. The van der Waals surface area contributed by atoms with Gasteiger partial charge < -0.3 is 25.2 Å². The van der Waals surface area contributed by atoms with Crippen LogP contribution in [0.15, 0.2) is 0 Å². The van der Waals surface area contributed by atoms with Crippen LogP contribution in [0.25, 0.3) is 0 Å². The monoisotopic (exact) mass is 819 g/mol. The summed E-state index contributed by atoms with van der Waals surface area (Å²) in [4.78, 5) is 49.4. The highest BCUT2D eigenvalue weighted by Crippen LogP contribution is 2.39. The van der Waals surface area contributed by atoms with Crippen LogP contribution in [-0.4, -0.2) is 56.9 Å². The number of aliphatic carboxylic acids is 4. The summed E-state index contributed by atoms with van der Waals surface area (Å²) < 4.78 is 5.76. The first-order chi connectivity index (χ1) is 27.0. The van der Waals surface area contributed by atoms with E-state index in [1.807, 2.05) is 6.92 Å². The molecule has 57 heavy (non-hydrogen) atoms. The Bertz CT molecular complexity index is 797. The van der Waals surface area contributed by atoms with Crippen LogP contribution in [0.2, 0.25) is 0 Å². The minimum atomic E-state index is -0.833. The molecule has 0 amide bonds. The first-order valence-electron chi connectivity index (χ1n) is 23.0. The molecule has 0 radical (unpaired) electrons. The lowest BCUT2D eigenvalue weighted by atomic mass is 9.74. The molecule has 0 heterocycles. The zero-order valence-electron chi connectivity index (χ0n) is 38.7. The number of carboxylic acids is 4. The van der Waals surface area contributed by atoms with Gasteiger partial charge in [0.2, 0.25) is 0 Å². The van der Waals surface area contributed by atoms with Crippen molar-refractivity contribution in [3.63, 3.8) is 0 Å². The van der Waals surface area contributed by atoms with E-state index in [9.17, 15) is 4.79 Å². The molecule has 10 nitrogen and oxygen atoms in total. The summed E-state index contributed by atoms with van der Waals surface area (Å²) in [5, 5.41) is 29.7. The second-order valence-electron chi connectivity index (χ2n) is 15.6. The third-order valence-electron chi connectivity index (χ3n) is 9.68. The topological polar surface area (TPSA) is 175 Å². The van der Waals surface area contributed by atoms with Gasteiger partial charge in [-0.1, -0.05) is 201 Å². The van der Waals surface area contributed by atoms with Crippen LogP contribution in [0.4, 0.5) is 0 Å². The summed E-state index contributed by atoms with van der Waals surface area (Å²) in [7, 11) is 0. The number of rotatable bonds is 33. The Hall–Kier alpha value is -2.65. The Morgan fingerprint density at radius 2 is 0.596 bits per heavy atom. The van der Waals surface area contributed by atoms with Gasteiger partial charge in [0.05, 0.1) is 12.0 Å². The van der Waals surface area contributed by atoms with Crippen LogP contribution in [0.3, 0.4) is 0 Å². The minimum absolute atomic E-state index is 0.122. The van der Waals surface area contributed by atoms with Gasteiger partial charge in [-0.25, -0.2) is 0 Å². The maximum atomic E-state index is 13.4. The second kappa shape index (κ2) is 51.4. The number of carbonyl (C=O) groups excluding carboxylic acids is 1. The fourth-order valence-corrected chi connectivity index (χ4v) is 6.86. The third kappa shape index (κ3) is 65.5. The van der Waals surface area contributed by atoms with Crippen LogP contribution in [0, 0.1) is 11.3 Å². The quantitative estimate of drug-likeness (QED) is 0.0368. The lowest BCUT2D eigenvalue weighted by Crippen LogP contribution is -2.33. The predicted octanol–water partition coefficient (Wildman–Crippen LogP) is 14.3. The van der Waals surface area contributed by atoms with Crippen LogP contribution in [0.5, 0.6) is 0 Å². The number of unbranched alkanes of at least 4 members (excludes halogenated alkanes) is 19. The summed E-state index contributed by atoms with van der Waals surface area (Å²) >= 11 is 0. The number of hydrogen-bond donors (Lipinski definition) is 4. The van der Waals surface area contributed by atoms with Gasteiger partial charge in [0.25, 0.3) is 23.9 Å². The van der Waals surface area contributed by atoms with E-state index >= 15 is 0 Å². The number of hydrogen-bond acceptors (Lipinski definition) is 6. The van der Waals surface area contributed by atoms with Gasteiger partial charge in [-0.05, 0) is 32.1 Å². The van der Waals surface area contributed by atoms with Gasteiger partial charge in [0, 0.05) is 27.7 Å². The Morgan fingerprint density at radius 1 is 0.386 bits per heavy atom. The SMILES string of the molecule is CC(=O)O.CC(=O)O.CC(=O)O.CC(=O)O.CCCCCCCC(CCCCCCC)CCCCCCC(CCCCCCC)(CCCCCCC)C(=O)OCC. The van der Waals surface area contributed by atoms with Crippen LogP contribution in [-0.2, 0) is 28.7 Å². The number of ether oxygens (including phenoxy) is 1. The molecular formula is C47H94O10. The average Bonchev–Trinajstić information content (AvgIpc) is 3.11. The molecule has 0 aliphatic heterocycles. The molecule has 0 saturated heterocycles. The van der Waals surface area contributed by atoms with E-state index in [0.29, 0.717) is 6.61 Å². The molecule has 0 saturated carbocycles. The molecule has 0 spiro atoms. The highest BCUT2D eigenvalue weighted by molar-refractivity contribution is 5.76. The van der Waals surface area contributed by atoms with Crippen molar-refractivity contribution in [2.24, 2.45) is 11.3 Å². The normalized spacial score (nSPS) is 10.4. The van der Waals surface area contributed by atoms with Crippen molar-refractivity contribution in [1.82, 2.24) is 0 Å². The summed E-state index contributed by atoms with van der Waals surface area (Å²) in [5.41, 5.74) is -0.228. The van der Waals surface area contributed by atoms with E-state index in [0.717, 1.165) is 52.9 Å².